The van der Waals surface area contributed by atoms with Gasteiger partial charge in [-0.3, -0.25) is 4.79 Å². The maximum Gasteiger partial charge on any atom is 0.417 e. The Morgan fingerprint density at radius 3 is 2.44 bits per heavy atom. The van der Waals surface area contributed by atoms with E-state index in [2.05, 4.69) is 29.6 Å². The molecule has 2 fully saturated rings. The van der Waals surface area contributed by atoms with E-state index in [0.717, 1.165) is 49.8 Å². The van der Waals surface area contributed by atoms with Gasteiger partial charge in [-0.15, -0.1) is 0 Å². The van der Waals surface area contributed by atoms with Crippen LogP contribution in [-0.2, 0) is 12.6 Å². The molecule has 2 aromatic carbocycles. The number of piperidine rings is 1. The van der Waals surface area contributed by atoms with E-state index in [-0.39, 0.29) is 29.7 Å². The monoisotopic (exact) mass is 463 g/mol. The minimum atomic E-state index is -4.59. The molecule has 0 amide bonds. The number of hydrogen-bond donors (Lipinski definition) is 1. The first-order valence-electron chi connectivity index (χ1n) is 11.5. The van der Waals surface area contributed by atoms with Gasteiger partial charge in [-0.1, -0.05) is 61.2 Å². The van der Waals surface area contributed by atoms with Gasteiger partial charge in [0.1, 0.15) is 0 Å². The summed E-state index contributed by atoms with van der Waals surface area (Å²) in [5.41, 5.74) is 1.33. The van der Waals surface area contributed by atoms with Crippen molar-refractivity contribution in [3.05, 3.63) is 69.7 Å². The average molecular weight is 464 g/mol. The molecule has 2 nitrogen and oxygen atoms in total. The lowest BCUT2D eigenvalue weighted by Gasteiger charge is -2.32. The van der Waals surface area contributed by atoms with Crippen molar-refractivity contribution in [1.29, 1.82) is 0 Å². The predicted molar refractivity (Wildman–Crippen MR) is 121 cm³/mol. The smallest absolute Gasteiger partial charge is 0.313 e. The molecule has 4 rings (SSSR count). The second-order valence-electron chi connectivity index (χ2n) is 9.18. The van der Waals surface area contributed by atoms with Crippen LogP contribution in [0.2, 0.25) is 5.02 Å². The Labute approximate surface area is 192 Å². The van der Waals surface area contributed by atoms with E-state index in [1.54, 1.807) is 0 Å². The number of Topliss-reactive ketones (excluding diaryl/α,β-unsaturated/α-hetero) is 1. The average Bonchev–Trinajstić information content (AvgIpc) is 3.61. The fraction of sp³-hybridized carbons (Fsp3) is 0.500. The molecule has 1 aliphatic carbocycles. The van der Waals surface area contributed by atoms with Crippen LogP contribution in [0.25, 0.3) is 0 Å². The second-order valence-corrected chi connectivity index (χ2v) is 9.56. The molecule has 1 saturated heterocycles. The highest BCUT2D eigenvalue weighted by Crippen LogP contribution is 2.38. The minimum Gasteiger partial charge on any atom is -0.313 e. The fourth-order valence-corrected chi connectivity index (χ4v) is 5.04. The van der Waals surface area contributed by atoms with Crippen molar-refractivity contribution in [2.45, 2.75) is 69.5 Å². The quantitative estimate of drug-likeness (QED) is 0.419. The third kappa shape index (κ3) is 5.74. The van der Waals surface area contributed by atoms with E-state index in [9.17, 15) is 18.0 Å². The molecule has 1 saturated carbocycles. The fourth-order valence-electron chi connectivity index (χ4n) is 4.70. The van der Waals surface area contributed by atoms with Gasteiger partial charge in [0.15, 0.2) is 5.78 Å². The van der Waals surface area contributed by atoms with E-state index in [1.807, 2.05) is 0 Å². The van der Waals surface area contributed by atoms with Gasteiger partial charge in [-0.25, -0.2) is 0 Å². The largest absolute Gasteiger partial charge is 0.417 e. The summed E-state index contributed by atoms with van der Waals surface area (Å²) < 4.78 is 39.8. The zero-order valence-corrected chi connectivity index (χ0v) is 18.8. The van der Waals surface area contributed by atoms with Crippen molar-refractivity contribution in [2.24, 2.45) is 5.92 Å². The van der Waals surface area contributed by atoms with Crippen molar-refractivity contribution in [1.82, 2.24) is 5.32 Å². The van der Waals surface area contributed by atoms with Gasteiger partial charge in [-0.05, 0) is 61.4 Å². The Bertz CT molecular complexity index is 931. The Hall–Kier alpha value is -1.85. The zero-order chi connectivity index (χ0) is 22.7. The number of ketones is 1. The van der Waals surface area contributed by atoms with Crippen LogP contribution in [0.15, 0.2) is 42.5 Å². The molecule has 0 spiro atoms. The third-order valence-electron chi connectivity index (χ3n) is 6.79. The maximum absolute atomic E-state index is 13.3. The van der Waals surface area contributed by atoms with E-state index in [0.29, 0.717) is 0 Å². The molecule has 32 heavy (non-hydrogen) atoms. The Balaban J connectivity index is 1.55. The number of nitrogens with one attached hydrogen (secondary N) is 1. The molecule has 6 heteroatoms. The first-order valence-corrected chi connectivity index (χ1v) is 11.9. The molecule has 1 unspecified atom stereocenters. The summed E-state index contributed by atoms with van der Waals surface area (Å²) in [6.45, 7) is 0.888. The summed E-state index contributed by atoms with van der Waals surface area (Å²) in [6, 6.07) is 12.1. The summed E-state index contributed by atoms with van der Waals surface area (Å²) in [5, 5.41) is 3.02. The first-order chi connectivity index (χ1) is 15.3. The number of benzene rings is 2. The molecule has 2 atom stereocenters. The number of aryl methyl sites for hydroxylation is 1. The Kier molecular flexibility index (Phi) is 7.26. The van der Waals surface area contributed by atoms with Crippen LogP contribution in [0.3, 0.4) is 0 Å². The molecule has 2 aromatic rings. The van der Waals surface area contributed by atoms with E-state index >= 15 is 0 Å². The van der Waals surface area contributed by atoms with Gasteiger partial charge in [0.05, 0.1) is 10.6 Å². The number of hydrogen-bond acceptors (Lipinski definition) is 2. The lowest BCUT2D eigenvalue weighted by Crippen LogP contribution is -2.39. The van der Waals surface area contributed by atoms with Crippen LogP contribution >= 0.6 is 11.6 Å². The van der Waals surface area contributed by atoms with Crippen molar-refractivity contribution in [3.63, 3.8) is 0 Å². The minimum absolute atomic E-state index is 0.0524. The van der Waals surface area contributed by atoms with Gasteiger partial charge >= 0.3 is 6.18 Å². The standard InChI is InChI=1S/C26H29ClF3NO/c27-25-20(4-3-5-22(25)26(28,29)30)24(32)16-21(23-6-1-2-15-31-23)19-13-11-18(12-14-19)10-9-17-7-8-17/h3-5,11-14,17,21,23,31H,1-2,6-10,15-16H2/t21-,23?/m1/s1. The van der Waals surface area contributed by atoms with E-state index in [4.69, 9.17) is 11.6 Å². The topological polar surface area (TPSA) is 29.1 Å². The summed E-state index contributed by atoms with van der Waals surface area (Å²) in [7, 11) is 0. The maximum atomic E-state index is 13.3. The summed E-state index contributed by atoms with van der Waals surface area (Å²) in [4.78, 5) is 13.1. The van der Waals surface area contributed by atoms with Gasteiger partial charge in [-0.2, -0.15) is 13.2 Å². The van der Waals surface area contributed by atoms with E-state index < -0.39 is 16.8 Å². The molecular weight excluding hydrogens is 435 g/mol. The van der Waals surface area contributed by atoms with Gasteiger partial charge in [0, 0.05) is 23.9 Å². The highest BCUT2D eigenvalue weighted by atomic mass is 35.5. The highest BCUT2D eigenvalue weighted by Gasteiger charge is 2.35. The number of alkyl halides is 3. The molecule has 1 aliphatic heterocycles. The molecule has 2 aliphatic rings. The van der Waals surface area contributed by atoms with Crippen molar-refractivity contribution >= 4 is 17.4 Å². The molecule has 1 N–H and O–H groups in total. The zero-order valence-electron chi connectivity index (χ0n) is 18.1. The van der Waals surface area contributed by atoms with Gasteiger partial charge in [0.25, 0.3) is 0 Å². The second kappa shape index (κ2) is 9.96. The van der Waals surface area contributed by atoms with Crippen LogP contribution in [0.5, 0.6) is 0 Å². The number of carbonyl (C=O) groups is 1. The summed E-state index contributed by atoms with van der Waals surface area (Å²) >= 11 is 6.03. The van der Waals surface area contributed by atoms with Crippen LogP contribution in [0, 0.1) is 5.92 Å². The van der Waals surface area contributed by atoms with Crippen LogP contribution in [0.4, 0.5) is 13.2 Å². The lowest BCUT2D eigenvalue weighted by molar-refractivity contribution is -0.137. The normalized spacial score (nSPS) is 20.2. The third-order valence-corrected chi connectivity index (χ3v) is 7.20. The number of rotatable bonds is 8. The van der Waals surface area contributed by atoms with Crippen molar-refractivity contribution < 1.29 is 18.0 Å². The molecule has 172 valence electrons. The SMILES string of the molecule is O=C(C[C@H](c1ccc(CCC2CC2)cc1)C1CCCCN1)c1cccc(C(F)(F)F)c1Cl. The molecule has 0 aromatic heterocycles. The lowest BCUT2D eigenvalue weighted by atomic mass is 9.81. The molecule has 0 radical (unpaired) electrons. The van der Waals surface area contributed by atoms with E-state index in [1.165, 1.54) is 37.0 Å². The summed E-state index contributed by atoms with van der Waals surface area (Å²) in [5.74, 6) is 0.422. The van der Waals surface area contributed by atoms with Crippen molar-refractivity contribution in [2.75, 3.05) is 6.54 Å². The highest BCUT2D eigenvalue weighted by molar-refractivity contribution is 6.34. The Morgan fingerprint density at radius 2 is 1.81 bits per heavy atom. The van der Waals surface area contributed by atoms with Crippen molar-refractivity contribution in [3.8, 4) is 0 Å². The summed E-state index contributed by atoms with van der Waals surface area (Å²) in [6.07, 6.45) is 3.62. The first kappa shape index (κ1) is 23.3. The molecular formula is C26H29ClF3NO. The molecule has 1 heterocycles. The van der Waals surface area contributed by atoms with Gasteiger partial charge < -0.3 is 5.32 Å². The van der Waals surface area contributed by atoms with Crippen LogP contribution in [0.1, 0.15) is 77.9 Å². The van der Waals surface area contributed by atoms with Crippen LogP contribution < -0.4 is 5.32 Å². The number of halogens is 4. The Morgan fingerprint density at radius 1 is 1.06 bits per heavy atom. The van der Waals surface area contributed by atoms with Gasteiger partial charge in [0.2, 0.25) is 0 Å². The number of carbonyl (C=O) groups excluding carboxylic acids is 1. The van der Waals surface area contributed by atoms with Crippen LogP contribution in [-0.4, -0.2) is 18.4 Å². The molecule has 0 bridgehead atoms. The predicted octanol–water partition coefficient (Wildman–Crippen LogP) is 7.20.